The first kappa shape index (κ1) is 7.86. The Morgan fingerprint density at radius 3 is 1.75 bits per heavy atom. The van der Waals surface area contributed by atoms with Crippen molar-refractivity contribution in [1.82, 2.24) is 0 Å². The molecule has 0 nitrogen and oxygen atoms in total. The fraction of sp³-hybridized carbons (Fsp3) is 0.143. The summed E-state index contributed by atoms with van der Waals surface area (Å²) in [7, 11) is 0. The van der Waals surface area contributed by atoms with Crippen LogP contribution >= 0.6 is 0 Å². The number of rotatable bonds is 0. The minimum atomic E-state index is 0. The molecule has 0 N–H and O–H groups in total. The van der Waals surface area contributed by atoms with Gasteiger partial charge in [0.25, 0.3) is 0 Å². The molecule has 0 aliphatic heterocycles. The van der Waals surface area contributed by atoms with Crippen molar-refractivity contribution < 1.29 is 19.8 Å². The predicted molar refractivity (Wildman–Crippen MR) is 31.2 cm³/mol. The van der Waals surface area contributed by atoms with Crippen LogP contribution in [0.25, 0.3) is 0 Å². The van der Waals surface area contributed by atoms with Crippen LogP contribution in [0.15, 0.2) is 30.3 Å². The summed E-state index contributed by atoms with van der Waals surface area (Å²) in [5.74, 6) is 0. The van der Waals surface area contributed by atoms with E-state index in [1.165, 1.54) is 5.56 Å². The van der Waals surface area contributed by atoms with Crippen LogP contribution in [-0.4, -0.2) is 0 Å². The van der Waals surface area contributed by atoms with E-state index in [1.54, 1.807) is 0 Å². The zero-order valence-electron chi connectivity index (χ0n) is 4.74. The molecular weight excluding hydrogens is 274 g/mol. The van der Waals surface area contributed by atoms with E-state index in [0.717, 1.165) is 0 Å². The van der Waals surface area contributed by atoms with E-state index >= 15 is 0 Å². The third-order valence-corrected chi connectivity index (χ3v) is 0.940. The van der Waals surface area contributed by atoms with Crippen molar-refractivity contribution in [3.63, 3.8) is 0 Å². The minimum absolute atomic E-state index is 0. The van der Waals surface area contributed by atoms with Crippen LogP contribution in [0.5, 0.6) is 0 Å². The van der Waals surface area contributed by atoms with Gasteiger partial charge >= 0.3 is 0 Å². The van der Waals surface area contributed by atoms with Crippen LogP contribution in [0.4, 0.5) is 0 Å². The molecule has 1 aromatic rings. The molecule has 0 fully saturated rings. The molecule has 0 heterocycles. The van der Waals surface area contributed by atoms with Crippen molar-refractivity contribution in [2.75, 3.05) is 0 Å². The third kappa shape index (κ3) is 2.24. The standard InChI is InChI=1S/C7H8.Os/c1-7-5-3-2-4-6-7;/h2-6H,1H3;. The average Bonchev–Trinajstić information content (AvgIpc) is 1.69. The van der Waals surface area contributed by atoms with Crippen molar-refractivity contribution in [1.29, 1.82) is 0 Å². The number of hydrogen-bond donors (Lipinski definition) is 0. The van der Waals surface area contributed by atoms with Gasteiger partial charge in [-0.2, -0.15) is 0 Å². The Bertz CT molecular complexity index is 134. The van der Waals surface area contributed by atoms with Gasteiger partial charge in [0, 0.05) is 19.8 Å². The van der Waals surface area contributed by atoms with E-state index in [0.29, 0.717) is 0 Å². The van der Waals surface area contributed by atoms with Crippen LogP contribution < -0.4 is 0 Å². The first-order chi connectivity index (χ1) is 3.39. The van der Waals surface area contributed by atoms with E-state index in [2.05, 4.69) is 19.1 Å². The molecule has 1 heteroatoms. The van der Waals surface area contributed by atoms with E-state index in [9.17, 15) is 0 Å². The first-order valence-electron chi connectivity index (χ1n) is 2.41. The SMILES string of the molecule is Cc1ccccc1.[Os]. The van der Waals surface area contributed by atoms with Gasteiger partial charge in [0.1, 0.15) is 0 Å². The maximum Gasteiger partial charge on any atom is 0 e. The second kappa shape index (κ2) is 3.81. The maximum atomic E-state index is 2.08. The summed E-state index contributed by atoms with van der Waals surface area (Å²) in [5.41, 5.74) is 1.32. The molecular formula is C7H8Os. The third-order valence-electron chi connectivity index (χ3n) is 0.940. The van der Waals surface area contributed by atoms with Crippen molar-refractivity contribution in [2.45, 2.75) is 6.92 Å². The van der Waals surface area contributed by atoms with Gasteiger partial charge in [0.15, 0.2) is 0 Å². The molecule has 0 bridgehead atoms. The Labute approximate surface area is 63.0 Å². The summed E-state index contributed by atoms with van der Waals surface area (Å²) in [6.45, 7) is 2.08. The number of aryl methyl sites for hydroxylation is 1. The maximum absolute atomic E-state index is 2.08. The molecule has 0 spiro atoms. The second-order valence-corrected chi connectivity index (χ2v) is 1.65. The van der Waals surface area contributed by atoms with E-state index in [1.807, 2.05) is 18.2 Å². The molecule has 1 rings (SSSR count). The Balaban J connectivity index is 0.000000490. The Kier molecular flexibility index (Phi) is 3.74. The molecule has 0 saturated heterocycles. The molecule has 0 aromatic heterocycles. The second-order valence-electron chi connectivity index (χ2n) is 1.65. The number of benzene rings is 1. The van der Waals surface area contributed by atoms with Crippen LogP contribution in [0.2, 0.25) is 0 Å². The van der Waals surface area contributed by atoms with Gasteiger partial charge in [-0.15, -0.1) is 0 Å². The molecule has 0 atom stereocenters. The van der Waals surface area contributed by atoms with Gasteiger partial charge in [0.2, 0.25) is 0 Å². The Morgan fingerprint density at radius 1 is 1.00 bits per heavy atom. The largest absolute Gasteiger partial charge is 0.0622 e. The van der Waals surface area contributed by atoms with Gasteiger partial charge in [-0.05, 0) is 6.92 Å². The van der Waals surface area contributed by atoms with Crippen LogP contribution in [0.3, 0.4) is 0 Å². The van der Waals surface area contributed by atoms with Gasteiger partial charge in [-0.1, -0.05) is 35.9 Å². The first-order valence-corrected chi connectivity index (χ1v) is 2.41. The van der Waals surface area contributed by atoms with Gasteiger partial charge < -0.3 is 0 Å². The van der Waals surface area contributed by atoms with Crippen molar-refractivity contribution in [3.05, 3.63) is 35.9 Å². The predicted octanol–water partition coefficient (Wildman–Crippen LogP) is 1.99. The smallest absolute Gasteiger partial charge is 0 e. The molecule has 0 saturated carbocycles. The molecule has 8 heavy (non-hydrogen) atoms. The van der Waals surface area contributed by atoms with E-state index in [4.69, 9.17) is 0 Å². The zero-order valence-corrected chi connectivity index (χ0v) is 7.28. The molecule has 0 unspecified atom stereocenters. The summed E-state index contributed by atoms with van der Waals surface area (Å²) in [6.07, 6.45) is 0. The Hall–Kier alpha value is -0.144. The minimum Gasteiger partial charge on any atom is -0.0622 e. The molecule has 44 valence electrons. The molecule has 0 aliphatic carbocycles. The molecule has 0 radical (unpaired) electrons. The quantitative estimate of drug-likeness (QED) is 0.683. The molecule has 0 amide bonds. The number of hydrogen-bond acceptors (Lipinski definition) is 0. The summed E-state index contributed by atoms with van der Waals surface area (Å²) in [6, 6.07) is 10.3. The van der Waals surface area contributed by atoms with E-state index in [-0.39, 0.29) is 19.8 Å². The summed E-state index contributed by atoms with van der Waals surface area (Å²) in [4.78, 5) is 0. The molecule has 1 aromatic carbocycles. The van der Waals surface area contributed by atoms with Crippen LogP contribution in [0.1, 0.15) is 5.56 Å². The normalized spacial score (nSPS) is 7.62. The fourth-order valence-corrected chi connectivity index (χ4v) is 0.534. The van der Waals surface area contributed by atoms with Crippen LogP contribution in [0, 0.1) is 6.92 Å². The summed E-state index contributed by atoms with van der Waals surface area (Å²) >= 11 is 0. The topological polar surface area (TPSA) is 0 Å². The summed E-state index contributed by atoms with van der Waals surface area (Å²) < 4.78 is 0. The van der Waals surface area contributed by atoms with Crippen LogP contribution in [-0.2, 0) is 19.8 Å². The van der Waals surface area contributed by atoms with Gasteiger partial charge in [-0.3, -0.25) is 0 Å². The fourth-order valence-electron chi connectivity index (χ4n) is 0.534. The average molecular weight is 282 g/mol. The Morgan fingerprint density at radius 2 is 1.50 bits per heavy atom. The monoisotopic (exact) mass is 284 g/mol. The van der Waals surface area contributed by atoms with Gasteiger partial charge in [0.05, 0.1) is 0 Å². The van der Waals surface area contributed by atoms with Crippen molar-refractivity contribution in [3.8, 4) is 0 Å². The zero-order chi connectivity index (χ0) is 5.11. The summed E-state index contributed by atoms with van der Waals surface area (Å²) in [5, 5.41) is 0. The van der Waals surface area contributed by atoms with Crippen molar-refractivity contribution in [2.24, 2.45) is 0 Å². The van der Waals surface area contributed by atoms with Crippen molar-refractivity contribution >= 4 is 0 Å². The molecule has 0 aliphatic rings. The van der Waals surface area contributed by atoms with Gasteiger partial charge in [-0.25, -0.2) is 0 Å². The van der Waals surface area contributed by atoms with E-state index < -0.39 is 0 Å².